The SMILES string of the molecule is c1ccc(-c2ccc3c4c5c6ccccc6c6ccccc6c5ccc4n(-c4cccc(-c5nc(-c6ccccc6)nc(-c6ccccc6)n5)c4)c3c2)cc1. The van der Waals surface area contributed by atoms with Gasteiger partial charge in [0, 0.05) is 38.5 Å². The minimum atomic E-state index is 0.628. The van der Waals surface area contributed by atoms with Gasteiger partial charge in [-0.2, -0.15) is 0 Å². The van der Waals surface area contributed by atoms with Crippen LogP contribution in [0.3, 0.4) is 0 Å². The molecule has 0 aliphatic carbocycles. The van der Waals surface area contributed by atoms with Crippen LogP contribution in [0.5, 0.6) is 0 Å². The Hall–Kier alpha value is -7.43. The topological polar surface area (TPSA) is 43.6 Å². The van der Waals surface area contributed by atoms with Gasteiger partial charge in [0.15, 0.2) is 17.5 Å². The normalized spacial score (nSPS) is 11.6. The minimum Gasteiger partial charge on any atom is -0.309 e. The van der Waals surface area contributed by atoms with Crippen LogP contribution in [0, 0.1) is 0 Å². The largest absolute Gasteiger partial charge is 0.309 e. The van der Waals surface area contributed by atoms with Crippen molar-refractivity contribution in [2.24, 2.45) is 0 Å². The standard InChI is InChI=1S/C51H32N4/c1-4-15-33(16-5-1)36-27-28-44-46(32-36)55(45-30-29-43-41-25-11-10-23-39(41)40-24-12-13-26-42(40)47(43)48(44)45)38-22-14-21-37(31-38)51-53-49(34-17-6-2-7-18-34)52-50(54-51)35-19-8-3-9-20-35/h1-32H. The van der Waals surface area contributed by atoms with E-state index in [0.717, 1.165) is 33.4 Å². The van der Waals surface area contributed by atoms with Crippen molar-refractivity contribution < 1.29 is 0 Å². The number of fused-ring (bicyclic) bond motifs is 10. The molecule has 0 radical (unpaired) electrons. The Morgan fingerprint density at radius 3 is 1.36 bits per heavy atom. The van der Waals surface area contributed by atoms with Crippen molar-refractivity contribution >= 4 is 54.1 Å². The maximum Gasteiger partial charge on any atom is 0.164 e. The maximum absolute atomic E-state index is 5.07. The zero-order chi connectivity index (χ0) is 36.3. The molecule has 2 heterocycles. The summed E-state index contributed by atoms with van der Waals surface area (Å²) in [6.07, 6.45) is 0. The Labute approximate surface area is 317 Å². The lowest BCUT2D eigenvalue weighted by Crippen LogP contribution is -2.01. The van der Waals surface area contributed by atoms with Crippen LogP contribution in [0.1, 0.15) is 0 Å². The quantitative estimate of drug-likeness (QED) is 0.168. The lowest BCUT2D eigenvalue weighted by Gasteiger charge is -2.13. The van der Waals surface area contributed by atoms with Crippen molar-refractivity contribution in [2.45, 2.75) is 0 Å². The third-order valence-corrected chi connectivity index (χ3v) is 10.8. The lowest BCUT2D eigenvalue weighted by atomic mass is 9.91. The molecule has 0 atom stereocenters. The highest BCUT2D eigenvalue weighted by Gasteiger charge is 2.20. The Morgan fingerprint density at radius 2 is 0.745 bits per heavy atom. The molecule has 0 saturated heterocycles. The average molecular weight is 701 g/mol. The molecule has 9 aromatic carbocycles. The van der Waals surface area contributed by atoms with Gasteiger partial charge in [-0.05, 0) is 62.3 Å². The molecule has 0 aliphatic rings. The molecule has 4 heteroatoms. The number of hydrogen-bond donors (Lipinski definition) is 0. The molecule has 0 fully saturated rings. The zero-order valence-electron chi connectivity index (χ0n) is 29.8. The maximum atomic E-state index is 5.07. The molecule has 0 amide bonds. The Bertz CT molecular complexity index is 3150. The number of nitrogens with zero attached hydrogens (tertiary/aromatic N) is 4. The fourth-order valence-corrected chi connectivity index (χ4v) is 8.31. The van der Waals surface area contributed by atoms with Crippen LogP contribution >= 0.6 is 0 Å². The number of rotatable bonds is 5. The molecule has 11 aromatic rings. The summed E-state index contributed by atoms with van der Waals surface area (Å²) in [4.78, 5) is 15.1. The molecular weight excluding hydrogens is 669 g/mol. The fraction of sp³-hybridized carbons (Fsp3) is 0. The van der Waals surface area contributed by atoms with Crippen LogP contribution in [0.15, 0.2) is 194 Å². The third-order valence-electron chi connectivity index (χ3n) is 10.8. The summed E-state index contributed by atoms with van der Waals surface area (Å²) in [5, 5.41) is 10.1. The fourth-order valence-electron chi connectivity index (χ4n) is 8.31. The summed E-state index contributed by atoms with van der Waals surface area (Å²) in [5.41, 5.74) is 8.49. The van der Waals surface area contributed by atoms with Gasteiger partial charge >= 0.3 is 0 Å². The molecule has 0 bridgehead atoms. The van der Waals surface area contributed by atoms with Crippen molar-refractivity contribution in [3.63, 3.8) is 0 Å². The van der Waals surface area contributed by atoms with E-state index in [0.29, 0.717) is 17.5 Å². The van der Waals surface area contributed by atoms with E-state index >= 15 is 0 Å². The first-order chi connectivity index (χ1) is 27.3. The van der Waals surface area contributed by atoms with Crippen molar-refractivity contribution in [3.05, 3.63) is 194 Å². The van der Waals surface area contributed by atoms with Gasteiger partial charge < -0.3 is 4.57 Å². The summed E-state index contributed by atoms with van der Waals surface area (Å²) < 4.78 is 2.42. The zero-order valence-corrected chi connectivity index (χ0v) is 29.8. The predicted molar refractivity (Wildman–Crippen MR) is 228 cm³/mol. The molecule has 2 aromatic heterocycles. The van der Waals surface area contributed by atoms with E-state index in [-0.39, 0.29) is 0 Å². The molecule has 55 heavy (non-hydrogen) atoms. The second-order valence-electron chi connectivity index (χ2n) is 14.0. The van der Waals surface area contributed by atoms with E-state index in [4.69, 9.17) is 15.0 Å². The molecule has 256 valence electrons. The second kappa shape index (κ2) is 12.6. The Morgan fingerprint density at radius 1 is 0.273 bits per heavy atom. The van der Waals surface area contributed by atoms with E-state index in [2.05, 4.69) is 138 Å². The molecule has 4 nitrogen and oxygen atoms in total. The first kappa shape index (κ1) is 31.1. The van der Waals surface area contributed by atoms with Crippen molar-refractivity contribution in [3.8, 4) is 51.0 Å². The summed E-state index contributed by atoms with van der Waals surface area (Å²) in [6.45, 7) is 0. The Kier molecular flexibility index (Phi) is 7.14. The summed E-state index contributed by atoms with van der Waals surface area (Å²) in [7, 11) is 0. The van der Waals surface area contributed by atoms with E-state index in [9.17, 15) is 0 Å². The van der Waals surface area contributed by atoms with Crippen LogP contribution in [-0.2, 0) is 0 Å². The smallest absolute Gasteiger partial charge is 0.164 e. The highest BCUT2D eigenvalue weighted by atomic mass is 15.0. The van der Waals surface area contributed by atoms with E-state index in [1.54, 1.807) is 0 Å². The van der Waals surface area contributed by atoms with Crippen LogP contribution in [0.4, 0.5) is 0 Å². The third kappa shape index (κ3) is 5.11. The molecular formula is C51H32N4. The van der Waals surface area contributed by atoms with Gasteiger partial charge in [0.1, 0.15) is 0 Å². The highest BCUT2D eigenvalue weighted by Crippen LogP contribution is 2.44. The van der Waals surface area contributed by atoms with Gasteiger partial charge in [0.05, 0.1) is 11.0 Å². The van der Waals surface area contributed by atoms with E-state index in [1.165, 1.54) is 54.2 Å². The van der Waals surface area contributed by atoms with Crippen LogP contribution in [0.25, 0.3) is 105 Å². The number of benzene rings is 9. The van der Waals surface area contributed by atoms with E-state index in [1.807, 2.05) is 60.7 Å². The molecule has 0 unspecified atom stereocenters. The molecule has 11 rings (SSSR count). The van der Waals surface area contributed by atoms with Gasteiger partial charge in [-0.25, -0.2) is 15.0 Å². The molecule has 0 N–H and O–H groups in total. The summed E-state index contributed by atoms with van der Waals surface area (Å²) >= 11 is 0. The van der Waals surface area contributed by atoms with Crippen molar-refractivity contribution in [1.82, 2.24) is 19.5 Å². The molecule has 0 saturated carbocycles. The first-order valence-corrected chi connectivity index (χ1v) is 18.6. The highest BCUT2D eigenvalue weighted by molar-refractivity contribution is 6.35. The predicted octanol–water partition coefficient (Wildman–Crippen LogP) is 13.1. The summed E-state index contributed by atoms with van der Waals surface area (Å²) in [6, 6.07) is 68.7. The van der Waals surface area contributed by atoms with Gasteiger partial charge in [0.25, 0.3) is 0 Å². The van der Waals surface area contributed by atoms with Crippen molar-refractivity contribution in [1.29, 1.82) is 0 Å². The second-order valence-corrected chi connectivity index (χ2v) is 14.0. The van der Waals surface area contributed by atoms with Crippen LogP contribution in [-0.4, -0.2) is 19.5 Å². The summed E-state index contributed by atoms with van der Waals surface area (Å²) in [5.74, 6) is 1.91. The minimum absolute atomic E-state index is 0.628. The average Bonchev–Trinajstić information content (AvgIpc) is 3.61. The molecule has 0 spiro atoms. The van der Waals surface area contributed by atoms with Gasteiger partial charge in [0.2, 0.25) is 0 Å². The van der Waals surface area contributed by atoms with E-state index < -0.39 is 0 Å². The van der Waals surface area contributed by atoms with Crippen LogP contribution < -0.4 is 0 Å². The molecule has 0 aliphatic heterocycles. The van der Waals surface area contributed by atoms with Gasteiger partial charge in [-0.1, -0.05) is 170 Å². The number of hydrogen-bond acceptors (Lipinski definition) is 3. The monoisotopic (exact) mass is 700 g/mol. The lowest BCUT2D eigenvalue weighted by molar-refractivity contribution is 1.07. The van der Waals surface area contributed by atoms with Crippen LogP contribution in [0.2, 0.25) is 0 Å². The number of aromatic nitrogens is 4. The van der Waals surface area contributed by atoms with Gasteiger partial charge in [-0.15, -0.1) is 0 Å². The van der Waals surface area contributed by atoms with Gasteiger partial charge in [-0.3, -0.25) is 0 Å². The van der Waals surface area contributed by atoms with Crippen molar-refractivity contribution in [2.75, 3.05) is 0 Å². The first-order valence-electron chi connectivity index (χ1n) is 18.6. The Balaban J connectivity index is 1.21.